The van der Waals surface area contributed by atoms with Crippen LogP contribution in [0.5, 0.6) is 0 Å². The van der Waals surface area contributed by atoms with Gasteiger partial charge in [-0.1, -0.05) is 25.5 Å². The van der Waals surface area contributed by atoms with Crippen molar-refractivity contribution in [2.75, 3.05) is 11.1 Å². The van der Waals surface area contributed by atoms with Crippen molar-refractivity contribution in [2.45, 2.75) is 26.7 Å². The number of nitrogen functional groups attached to an aromatic ring is 1. The van der Waals surface area contributed by atoms with Crippen molar-refractivity contribution >= 4 is 28.6 Å². The van der Waals surface area contributed by atoms with Gasteiger partial charge in [-0.15, -0.1) is 11.3 Å². The average Bonchev–Trinajstić information content (AvgIpc) is 2.72. The van der Waals surface area contributed by atoms with Gasteiger partial charge in [-0.05, 0) is 37.1 Å². The Morgan fingerprint density at radius 1 is 1.32 bits per heavy atom. The molecule has 0 bridgehead atoms. The lowest BCUT2D eigenvalue weighted by Crippen LogP contribution is -2.10. The number of carbonyl (C=O) groups is 1. The molecule has 0 spiro atoms. The molecule has 2 aromatic rings. The van der Waals surface area contributed by atoms with Gasteiger partial charge in [0.1, 0.15) is 0 Å². The highest BCUT2D eigenvalue weighted by atomic mass is 32.1. The lowest BCUT2D eigenvalue weighted by molar-refractivity contribution is 0.103. The standard InChI is InChI=1S/C15H18N2OS/c1-3-4-11-5-7-12(8-6-11)17-15(18)14-9-13(16)10(2)19-14/h5-9H,3-4,16H2,1-2H3,(H,17,18). The van der Waals surface area contributed by atoms with Crippen LogP contribution in [0.3, 0.4) is 0 Å². The molecule has 0 unspecified atom stereocenters. The third-order valence-electron chi connectivity index (χ3n) is 2.93. The number of aryl methyl sites for hydroxylation is 2. The first-order chi connectivity index (χ1) is 9.10. The second-order valence-electron chi connectivity index (χ2n) is 4.52. The van der Waals surface area contributed by atoms with Crippen molar-refractivity contribution in [3.63, 3.8) is 0 Å². The summed E-state index contributed by atoms with van der Waals surface area (Å²) in [4.78, 5) is 13.7. The number of rotatable bonds is 4. The Labute approximate surface area is 117 Å². The van der Waals surface area contributed by atoms with Crippen LogP contribution in [0.25, 0.3) is 0 Å². The first-order valence-electron chi connectivity index (χ1n) is 6.36. The quantitative estimate of drug-likeness (QED) is 0.890. The molecule has 0 fully saturated rings. The Morgan fingerprint density at radius 2 is 2.00 bits per heavy atom. The lowest BCUT2D eigenvalue weighted by atomic mass is 10.1. The smallest absolute Gasteiger partial charge is 0.265 e. The summed E-state index contributed by atoms with van der Waals surface area (Å²) in [7, 11) is 0. The van der Waals surface area contributed by atoms with Crippen molar-refractivity contribution < 1.29 is 4.79 Å². The molecule has 4 heteroatoms. The molecule has 0 saturated carbocycles. The van der Waals surface area contributed by atoms with Gasteiger partial charge in [0.15, 0.2) is 0 Å². The van der Waals surface area contributed by atoms with Crippen LogP contribution < -0.4 is 11.1 Å². The maximum atomic E-state index is 12.0. The van der Waals surface area contributed by atoms with Crippen molar-refractivity contribution in [2.24, 2.45) is 0 Å². The number of thiophene rings is 1. The Bertz CT molecular complexity index is 553. The highest BCUT2D eigenvalue weighted by molar-refractivity contribution is 7.14. The first-order valence-corrected chi connectivity index (χ1v) is 7.18. The van der Waals surface area contributed by atoms with E-state index in [4.69, 9.17) is 5.73 Å². The third-order valence-corrected chi connectivity index (χ3v) is 4.00. The summed E-state index contributed by atoms with van der Waals surface area (Å²) in [5, 5.41) is 2.88. The molecular formula is C15H18N2OS. The largest absolute Gasteiger partial charge is 0.398 e. The molecule has 100 valence electrons. The summed E-state index contributed by atoms with van der Waals surface area (Å²) >= 11 is 1.42. The summed E-state index contributed by atoms with van der Waals surface area (Å²) in [5.74, 6) is -0.104. The van der Waals surface area contributed by atoms with Gasteiger partial charge in [-0.3, -0.25) is 4.79 Å². The molecule has 0 saturated heterocycles. The van der Waals surface area contributed by atoms with Crippen LogP contribution in [-0.4, -0.2) is 5.91 Å². The second kappa shape index (κ2) is 5.89. The zero-order chi connectivity index (χ0) is 13.8. The SMILES string of the molecule is CCCc1ccc(NC(=O)c2cc(N)c(C)s2)cc1. The number of amides is 1. The van der Waals surface area contributed by atoms with Gasteiger partial charge in [0.25, 0.3) is 5.91 Å². The van der Waals surface area contributed by atoms with E-state index < -0.39 is 0 Å². The predicted molar refractivity (Wildman–Crippen MR) is 81.9 cm³/mol. The van der Waals surface area contributed by atoms with E-state index in [1.54, 1.807) is 6.07 Å². The predicted octanol–water partition coefficient (Wildman–Crippen LogP) is 3.84. The number of hydrogen-bond donors (Lipinski definition) is 2. The van der Waals surface area contributed by atoms with Gasteiger partial charge < -0.3 is 11.1 Å². The minimum absolute atomic E-state index is 0.104. The van der Waals surface area contributed by atoms with Crippen LogP contribution in [0.15, 0.2) is 30.3 Å². The normalized spacial score (nSPS) is 10.4. The lowest BCUT2D eigenvalue weighted by Gasteiger charge is -2.05. The van der Waals surface area contributed by atoms with Gasteiger partial charge in [0.2, 0.25) is 0 Å². The van der Waals surface area contributed by atoms with Crippen LogP contribution in [0.1, 0.15) is 33.5 Å². The van der Waals surface area contributed by atoms with Crippen LogP contribution >= 0.6 is 11.3 Å². The fourth-order valence-electron chi connectivity index (χ4n) is 1.84. The van der Waals surface area contributed by atoms with E-state index >= 15 is 0 Å². The van der Waals surface area contributed by atoms with Gasteiger partial charge in [-0.25, -0.2) is 0 Å². The van der Waals surface area contributed by atoms with Crippen LogP contribution in [0.2, 0.25) is 0 Å². The van der Waals surface area contributed by atoms with Gasteiger partial charge >= 0.3 is 0 Å². The maximum absolute atomic E-state index is 12.0. The van der Waals surface area contributed by atoms with Gasteiger partial charge in [0.05, 0.1) is 4.88 Å². The molecule has 1 aromatic heterocycles. The molecule has 1 heterocycles. The van der Waals surface area contributed by atoms with Gasteiger partial charge in [0, 0.05) is 16.3 Å². The molecule has 1 amide bonds. The fraction of sp³-hybridized carbons (Fsp3) is 0.267. The van der Waals surface area contributed by atoms with E-state index in [2.05, 4.69) is 12.2 Å². The highest BCUT2D eigenvalue weighted by Crippen LogP contribution is 2.24. The van der Waals surface area contributed by atoms with E-state index in [0.717, 1.165) is 23.4 Å². The van der Waals surface area contributed by atoms with Crippen molar-refractivity contribution in [3.8, 4) is 0 Å². The van der Waals surface area contributed by atoms with E-state index in [-0.39, 0.29) is 5.91 Å². The molecule has 2 rings (SSSR count). The summed E-state index contributed by atoms with van der Waals surface area (Å²) in [5.41, 5.74) is 8.53. The molecule has 0 aliphatic carbocycles. The topological polar surface area (TPSA) is 55.1 Å². The zero-order valence-corrected chi connectivity index (χ0v) is 12.0. The Hall–Kier alpha value is -1.81. The van der Waals surface area contributed by atoms with Crippen molar-refractivity contribution in [1.29, 1.82) is 0 Å². The van der Waals surface area contributed by atoms with E-state index in [1.165, 1.54) is 16.9 Å². The summed E-state index contributed by atoms with van der Waals surface area (Å²) in [6.07, 6.45) is 2.19. The fourth-order valence-corrected chi connectivity index (χ4v) is 2.68. The average molecular weight is 274 g/mol. The summed E-state index contributed by atoms with van der Waals surface area (Å²) in [6.45, 7) is 4.07. The number of anilines is 2. The maximum Gasteiger partial charge on any atom is 0.265 e. The molecule has 19 heavy (non-hydrogen) atoms. The Balaban J connectivity index is 2.06. The minimum atomic E-state index is -0.104. The Morgan fingerprint density at radius 3 is 2.53 bits per heavy atom. The third kappa shape index (κ3) is 3.35. The molecule has 3 nitrogen and oxygen atoms in total. The van der Waals surface area contributed by atoms with Crippen LogP contribution in [-0.2, 0) is 6.42 Å². The molecule has 0 aliphatic heterocycles. The molecule has 0 atom stereocenters. The number of nitrogens with one attached hydrogen (secondary N) is 1. The number of hydrogen-bond acceptors (Lipinski definition) is 3. The van der Waals surface area contributed by atoms with Gasteiger partial charge in [-0.2, -0.15) is 0 Å². The molecule has 3 N–H and O–H groups in total. The monoisotopic (exact) mass is 274 g/mol. The van der Waals surface area contributed by atoms with Crippen LogP contribution in [0, 0.1) is 6.92 Å². The molecule has 0 radical (unpaired) electrons. The molecule has 1 aromatic carbocycles. The zero-order valence-electron chi connectivity index (χ0n) is 11.2. The highest BCUT2D eigenvalue weighted by Gasteiger charge is 2.10. The van der Waals surface area contributed by atoms with Crippen LogP contribution in [0.4, 0.5) is 11.4 Å². The van der Waals surface area contributed by atoms with E-state index in [0.29, 0.717) is 10.6 Å². The van der Waals surface area contributed by atoms with E-state index in [1.807, 2.05) is 31.2 Å². The number of nitrogens with two attached hydrogens (primary N) is 1. The summed E-state index contributed by atoms with van der Waals surface area (Å²) in [6, 6.07) is 9.69. The summed E-state index contributed by atoms with van der Waals surface area (Å²) < 4.78 is 0. The van der Waals surface area contributed by atoms with E-state index in [9.17, 15) is 4.79 Å². The van der Waals surface area contributed by atoms with Crippen molar-refractivity contribution in [1.82, 2.24) is 0 Å². The number of carbonyl (C=O) groups excluding carboxylic acids is 1. The Kier molecular flexibility index (Phi) is 4.22. The molecule has 0 aliphatic rings. The minimum Gasteiger partial charge on any atom is -0.398 e. The molecular weight excluding hydrogens is 256 g/mol. The first kappa shape index (κ1) is 13.6. The second-order valence-corrected chi connectivity index (χ2v) is 5.78. The van der Waals surface area contributed by atoms with Crippen molar-refractivity contribution in [3.05, 3.63) is 45.6 Å². The number of benzene rings is 1.